The molecule has 0 fully saturated rings. The number of carbonyl (C=O) groups is 1. The quantitative estimate of drug-likeness (QED) is 0.499. The minimum Gasteiger partial charge on any atom is -0.402 e. The van der Waals surface area contributed by atoms with Gasteiger partial charge in [0.05, 0.1) is 10.0 Å². The normalized spacial score (nSPS) is 15.4. The lowest BCUT2D eigenvalue weighted by Gasteiger charge is -2.02. The number of esters is 1. The summed E-state index contributed by atoms with van der Waals surface area (Å²) in [4.78, 5) is 16.4. The van der Waals surface area contributed by atoms with Gasteiger partial charge in [0.2, 0.25) is 5.90 Å². The third-order valence-corrected chi connectivity index (χ3v) is 4.75. The summed E-state index contributed by atoms with van der Waals surface area (Å²) in [6, 6.07) is 13.1. The van der Waals surface area contributed by atoms with Crippen molar-refractivity contribution in [3.8, 4) is 0 Å². The molecule has 0 amide bonds. The molecule has 0 spiro atoms. The number of halogens is 2. The molecule has 0 aromatic heterocycles. The van der Waals surface area contributed by atoms with Crippen LogP contribution in [0.15, 0.2) is 53.2 Å². The lowest BCUT2D eigenvalue weighted by atomic mass is 10.1. The fourth-order valence-corrected chi connectivity index (χ4v) is 2.87. The Hall–Kier alpha value is -2.10. The topological polar surface area (TPSA) is 38.7 Å². The lowest BCUT2D eigenvalue weighted by Crippen LogP contribution is -2.05. The molecule has 0 atom stereocenters. The van der Waals surface area contributed by atoms with Crippen molar-refractivity contribution in [3.05, 3.63) is 74.9 Å². The van der Waals surface area contributed by atoms with Gasteiger partial charge in [-0.1, -0.05) is 60.8 Å². The smallest absolute Gasteiger partial charge is 0.363 e. The maximum absolute atomic E-state index is 12.1. The molecule has 0 radical (unpaired) electrons. The number of aryl methyl sites for hydroxylation is 1. The van der Waals surface area contributed by atoms with Gasteiger partial charge >= 0.3 is 5.97 Å². The number of benzene rings is 2. The van der Waals surface area contributed by atoms with Crippen LogP contribution in [0.3, 0.4) is 0 Å². The number of aliphatic imine (C=N–C) groups is 1. The zero-order chi connectivity index (χ0) is 17.8. The molecular formula is C20H17Cl2NO2. The van der Waals surface area contributed by atoms with Crippen molar-refractivity contribution in [2.75, 3.05) is 0 Å². The number of cyclic esters (lactones) is 1. The van der Waals surface area contributed by atoms with Crippen LogP contribution < -0.4 is 0 Å². The van der Waals surface area contributed by atoms with Crippen LogP contribution in [0.5, 0.6) is 0 Å². The average molecular weight is 374 g/mol. The fraction of sp³-hybridized carbons (Fsp3) is 0.200. The number of carbonyl (C=O) groups excluding carboxylic acids is 1. The molecule has 0 saturated carbocycles. The Labute approximate surface area is 156 Å². The van der Waals surface area contributed by atoms with Crippen molar-refractivity contribution >= 4 is 41.1 Å². The highest BCUT2D eigenvalue weighted by molar-refractivity contribution is 6.43. The maximum atomic E-state index is 12.1. The Morgan fingerprint density at radius 3 is 2.60 bits per heavy atom. The van der Waals surface area contributed by atoms with Crippen molar-refractivity contribution in [1.29, 1.82) is 0 Å². The van der Waals surface area contributed by atoms with Gasteiger partial charge in [0, 0.05) is 5.56 Å². The molecule has 1 aliphatic rings. The molecule has 128 valence electrons. The molecule has 0 unspecified atom stereocenters. The highest BCUT2D eigenvalue weighted by Crippen LogP contribution is 2.28. The summed E-state index contributed by atoms with van der Waals surface area (Å²) in [5, 5.41) is 0.808. The molecule has 0 aliphatic carbocycles. The number of hydrogen-bond donors (Lipinski definition) is 0. The molecule has 0 saturated heterocycles. The summed E-state index contributed by atoms with van der Waals surface area (Å²) in [5.41, 5.74) is 2.86. The summed E-state index contributed by atoms with van der Waals surface area (Å²) in [7, 11) is 0. The number of rotatable bonds is 5. The molecule has 25 heavy (non-hydrogen) atoms. The van der Waals surface area contributed by atoms with E-state index in [0.29, 0.717) is 21.5 Å². The molecule has 0 N–H and O–H groups in total. The Balaban J connectivity index is 1.85. The molecular weight excluding hydrogens is 357 g/mol. The van der Waals surface area contributed by atoms with Crippen LogP contribution in [0, 0.1) is 0 Å². The molecule has 2 aromatic rings. The fourth-order valence-electron chi connectivity index (χ4n) is 2.51. The predicted molar refractivity (Wildman–Crippen MR) is 102 cm³/mol. The zero-order valence-corrected chi connectivity index (χ0v) is 15.3. The summed E-state index contributed by atoms with van der Waals surface area (Å²) >= 11 is 12.2. The van der Waals surface area contributed by atoms with Gasteiger partial charge in [-0.25, -0.2) is 9.79 Å². The molecule has 2 aromatic carbocycles. The van der Waals surface area contributed by atoms with Gasteiger partial charge in [-0.2, -0.15) is 0 Å². The number of ether oxygens (including phenoxy) is 1. The molecule has 1 heterocycles. The van der Waals surface area contributed by atoms with Crippen LogP contribution in [-0.2, 0) is 16.0 Å². The van der Waals surface area contributed by atoms with Gasteiger partial charge < -0.3 is 4.74 Å². The second-order valence-corrected chi connectivity index (χ2v) is 6.56. The molecule has 3 nitrogen and oxygen atoms in total. The number of nitrogens with zero attached hydrogens (tertiary/aromatic N) is 1. The van der Waals surface area contributed by atoms with E-state index in [0.717, 1.165) is 24.8 Å². The first-order valence-corrected chi connectivity index (χ1v) is 8.90. The van der Waals surface area contributed by atoms with E-state index in [1.165, 1.54) is 5.56 Å². The monoisotopic (exact) mass is 373 g/mol. The Kier molecular flexibility index (Phi) is 5.57. The summed E-state index contributed by atoms with van der Waals surface area (Å²) in [6.45, 7) is 2.17. The van der Waals surface area contributed by atoms with Gasteiger partial charge in [-0.15, -0.1) is 0 Å². The van der Waals surface area contributed by atoms with E-state index in [1.54, 1.807) is 24.3 Å². The van der Waals surface area contributed by atoms with Crippen LogP contribution >= 0.6 is 23.2 Å². The standard InChI is InChI=1S/C20H17Cl2NO2/c1-2-3-5-13-8-10-14(11-9-13)19-23-17(20(24)25-19)12-15-6-4-7-16(21)18(15)22/h4,6-12H,2-3,5H2,1H3/b17-12-. The van der Waals surface area contributed by atoms with Crippen molar-refractivity contribution in [3.63, 3.8) is 0 Å². The summed E-state index contributed by atoms with van der Waals surface area (Å²) < 4.78 is 5.29. The Bertz CT molecular complexity index is 854. The van der Waals surface area contributed by atoms with Gasteiger partial charge in [0.15, 0.2) is 5.70 Å². The Morgan fingerprint density at radius 2 is 1.88 bits per heavy atom. The highest BCUT2D eigenvalue weighted by Gasteiger charge is 2.24. The van der Waals surface area contributed by atoms with Crippen LogP contribution in [-0.4, -0.2) is 11.9 Å². The molecule has 3 rings (SSSR count). The minimum absolute atomic E-state index is 0.203. The van der Waals surface area contributed by atoms with Crippen molar-refractivity contribution in [2.45, 2.75) is 26.2 Å². The van der Waals surface area contributed by atoms with Gasteiger partial charge in [0.1, 0.15) is 0 Å². The average Bonchev–Trinajstić information content (AvgIpc) is 2.98. The summed E-state index contributed by atoms with van der Waals surface area (Å²) in [5.74, 6) is -0.197. The first kappa shape index (κ1) is 17.7. The van der Waals surface area contributed by atoms with Crippen molar-refractivity contribution < 1.29 is 9.53 Å². The first-order chi connectivity index (χ1) is 12.1. The van der Waals surface area contributed by atoms with E-state index in [9.17, 15) is 4.79 Å². The molecule has 1 aliphatic heterocycles. The highest BCUT2D eigenvalue weighted by atomic mass is 35.5. The third-order valence-electron chi connectivity index (χ3n) is 3.91. The summed E-state index contributed by atoms with van der Waals surface area (Å²) in [6.07, 6.45) is 4.94. The minimum atomic E-state index is -0.499. The molecule has 5 heteroatoms. The maximum Gasteiger partial charge on any atom is 0.363 e. The van der Waals surface area contributed by atoms with Crippen LogP contribution in [0.4, 0.5) is 0 Å². The largest absolute Gasteiger partial charge is 0.402 e. The SMILES string of the molecule is CCCCc1ccc(C2=N/C(=C\c3cccc(Cl)c3Cl)C(=O)O2)cc1. The van der Waals surface area contributed by atoms with E-state index in [1.807, 2.05) is 24.3 Å². The van der Waals surface area contributed by atoms with Crippen LogP contribution in [0.1, 0.15) is 36.5 Å². The van der Waals surface area contributed by atoms with E-state index < -0.39 is 5.97 Å². The van der Waals surface area contributed by atoms with E-state index in [2.05, 4.69) is 11.9 Å². The van der Waals surface area contributed by atoms with Gasteiger partial charge in [-0.3, -0.25) is 0 Å². The zero-order valence-electron chi connectivity index (χ0n) is 13.8. The van der Waals surface area contributed by atoms with Gasteiger partial charge in [0.25, 0.3) is 0 Å². The number of hydrogen-bond acceptors (Lipinski definition) is 3. The van der Waals surface area contributed by atoms with E-state index in [4.69, 9.17) is 27.9 Å². The second kappa shape index (κ2) is 7.85. The van der Waals surface area contributed by atoms with Crippen molar-refractivity contribution in [1.82, 2.24) is 0 Å². The molecule has 0 bridgehead atoms. The van der Waals surface area contributed by atoms with Crippen LogP contribution in [0.2, 0.25) is 10.0 Å². The number of unbranched alkanes of at least 4 members (excludes halogenated alkanes) is 1. The first-order valence-electron chi connectivity index (χ1n) is 8.14. The van der Waals surface area contributed by atoms with Crippen molar-refractivity contribution in [2.24, 2.45) is 4.99 Å². The Morgan fingerprint density at radius 1 is 1.12 bits per heavy atom. The predicted octanol–water partition coefficient (Wildman–Crippen LogP) is 5.68. The second-order valence-electron chi connectivity index (χ2n) is 5.78. The van der Waals surface area contributed by atoms with Crippen LogP contribution in [0.25, 0.3) is 6.08 Å². The van der Waals surface area contributed by atoms with E-state index in [-0.39, 0.29) is 5.70 Å². The lowest BCUT2D eigenvalue weighted by molar-refractivity contribution is -0.129. The van der Waals surface area contributed by atoms with Gasteiger partial charge in [-0.05, 0) is 48.2 Å². The third kappa shape index (κ3) is 4.12. The van der Waals surface area contributed by atoms with E-state index >= 15 is 0 Å².